The first-order valence-corrected chi connectivity index (χ1v) is 6.07. The van der Waals surface area contributed by atoms with Crippen LogP contribution in [0.4, 0.5) is 0 Å². The molecule has 3 heteroatoms. The fraction of sp³-hybridized carbons (Fsp3) is 0.500. The SMILES string of the molecule is CCCC[C@@H](N)c1cc(Br)ccc1OC. The zero-order valence-corrected chi connectivity index (χ0v) is 10.9. The second-order valence-electron chi connectivity index (χ2n) is 3.63. The van der Waals surface area contributed by atoms with E-state index >= 15 is 0 Å². The zero-order valence-electron chi connectivity index (χ0n) is 9.29. The average Bonchev–Trinajstić information content (AvgIpc) is 2.25. The fourth-order valence-corrected chi connectivity index (χ4v) is 1.95. The molecule has 0 saturated heterocycles. The molecule has 15 heavy (non-hydrogen) atoms. The molecule has 0 unspecified atom stereocenters. The summed E-state index contributed by atoms with van der Waals surface area (Å²) in [5, 5.41) is 0. The van der Waals surface area contributed by atoms with E-state index in [1.165, 1.54) is 6.42 Å². The van der Waals surface area contributed by atoms with Crippen molar-refractivity contribution in [3.05, 3.63) is 28.2 Å². The second kappa shape index (κ2) is 6.13. The first kappa shape index (κ1) is 12.5. The molecule has 0 heterocycles. The van der Waals surface area contributed by atoms with Gasteiger partial charge in [0, 0.05) is 16.1 Å². The van der Waals surface area contributed by atoms with Gasteiger partial charge in [0.25, 0.3) is 0 Å². The molecule has 0 aliphatic rings. The summed E-state index contributed by atoms with van der Waals surface area (Å²) in [5.41, 5.74) is 7.21. The number of halogens is 1. The van der Waals surface area contributed by atoms with Gasteiger partial charge in [-0.15, -0.1) is 0 Å². The van der Waals surface area contributed by atoms with Crippen molar-refractivity contribution >= 4 is 15.9 Å². The van der Waals surface area contributed by atoms with E-state index in [0.29, 0.717) is 0 Å². The largest absolute Gasteiger partial charge is 0.496 e. The summed E-state index contributed by atoms with van der Waals surface area (Å²) in [6, 6.07) is 6.02. The lowest BCUT2D eigenvalue weighted by Crippen LogP contribution is -2.11. The van der Waals surface area contributed by atoms with Crippen LogP contribution in [-0.2, 0) is 0 Å². The first-order chi connectivity index (χ1) is 7.19. The van der Waals surface area contributed by atoms with Crippen LogP contribution in [0.25, 0.3) is 0 Å². The molecule has 0 bridgehead atoms. The lowest BCUT2D eigenvalue weighted by molar-refractivity contribution is 0.403. The van der Waals surface area contributed by atoms with Gasteiger partial charge in [-0.25, -0.2) is 0 Å². The highest BCUT2D eigenvalue weighted by atomic mass is 79.9. The Morgan fingerprint density at radius 3 is 2.80 bits per heavy atom. The molecule has 2 N–H and O–H groups in total. The van der Waals surface area contributed by atoms with E-state index in [4.69, 9.17) is 10.5 Å². The minimum Gasteiger partial charge on any atom is -0.496 e. The van der Waals surface area contributed by atoms with Crippen LogP contribution in [0.2, 0.25) is 0 Å². The second-order valence-corrected chi connectivity index (χ2v) is 4.55. The van der Waals surface area contributed by atoms with Gasteiger partial charge in [-0.1, -0.05) is 35.7 Å². The van der Waals surface area contributed by atoms with Crippen molar-refractivity contribution in [1.29, 1.82) is 0 Å². The molecular formula is C12H18BrNO. The standard InChI is InChI=1S/C12H18BrNO/c1-3-4-5-11(14)10-8-9(13)6-7-12(10)15-2/h6-8,11H,3-5,14H2,1-2H3/t11-/m1/s1. The van der Waals surface area contributed by atoms with Gasteiger partial charge < -0.3 is 10.5 Å². The summed E-state index contributed by atoms with van der Waals surface area (Å²) in [6.07, 6.45) is 3.32. The Bertz CT molecular complexity index is 314. The summed E-state index contributed by atoms with van der Waals surface area (Å²) in [4.78, 5) is 0. The zero-order chi connectivity index (χ0) is 11.3. The third-order valence-corrected chi connectivity index (χ3v) is 2.95. The maximum atomic E-state index is 6.13. The van der Waals surface area contributed by atoms with E-state index in [1.54, 1.807) is 7.11 Å². The Balaban J connectivity index is 2.85. The van der Waals surface area contributed by atoms with Crippen LogP contribution >= 0.6 is 15.9 Å². The number of hydrogen-bond donors (Lipinski definition) is 1. The Labute approximate surface area is 99.9 Å². The van der Waals surface area contributed by atoms with E-state index in [0.717, 1.165) is 28.6 Å². The molecule has 1 aromatic rings. The van der Waals surface area contributed by atoms with E-state index < -0.39 is 0 Å². The molecule has 0 aliphatic carbocycles. The van der Waals surface area contributed by atoms with Crippen molar-refractivity contribution in [3.63, 3.8) is 0 Å². The molecular weight excluding hydrogens is 254 g/mol. The van der Waals surface area contributed by atoms with Crippen LogP contribution in [-0.4, -0.2) is 7.11 Å². The number of nitrogens with two attached hydrogens (primary N) is 1. The first-order valence-electron chi connectivity index (χ1n) is 5.28. The molecule has 0 radical (unpaired) electrons. The van der Waals surface area contributed by atoms with Gasteiger partial charge in [-0.3, -0.25) is 0 Å². The smallest absolute Gasteiger partial charge is 0.123 e. The monoisotopic (exact) mass is 271 g/mol. The Kier molecular flexibility index (Phi) is 5.12. The van der Waals surface area contributed by atoms with E-state index in [2.05, 4.69) is 22.9 Å². The van der Waals surface area contributed by atoms with Crippen LogP contribution in [0.15, 0.2) is 22.7 Å². The van der Waals surface area contributed by atoms with Crippen molar-refractivity contribution < 1.29 is 4.74 Å². The number of unbranched alkanes of at least 4 members (excludes halogenated alkanes) is 1. The average molecular weight is 272 g/mol. The van der Waals surface area contributed by atoms with Crippen LogP contribution in [0.3, 0.4) is 0 Å². The maximum Gasteiger partial charge on any atom is 0.123 e. The highest BCUT2D eigenvalue weighted by Crippen LogP contribution is 2.29. The molecule has 2 nitrogen and oxygen atoms in total. The normalized spacial score (nSPS) is 12.5. The summed E-state index contributed by atoms with van der Waals surface area (Å²) >= 11 is 3.45. The topological polar surface area (TPSA) is 35.2 Å². The van der Waals surface area contributed by atoms with Crippen molar-refractivity contribution in [1.82, 2.24) is 0 Å². The van der Waals surface area contributed by atoms with Gasteiger partial charge in [-0.2, -0.15) is 0 Å². The number of benzene rings is 1. The highest BCUT2D eigenvalue weighted by molar-refractivity contribution is 9.10. The molecule has 0 fully saturated rings. The molecule has 84 valence electrons. The fourth-order valence-electron chi connectivity index (χ4n) is 1.57. The summed E-state index contributed by atoms with van der Waals surface area (Å²) < 4.78 is 6.35. The predicted molar refractivity (Wildman–Crippen MR) is 67.1 cm³/mol. The van der Waals surface area contributed by atoms with Gasteiger partial charge in [0.1, 0.15) is 5.75 Å². The van der Waals surface area contributed by atoms with Crippen molar-refractivity contribution in [2.45, 2.75) is 32.2 Å². The quantitative estimate of drug-likeness (QED) is 0.888. The minimum atomic E-state index is 0.0670. The lowest BCUT2D eigenvalue weighted by Gasteiger charge is -2.15. The van der Waals surface area contributed by atoms with Crippen molar-refractivity contribution in [2.24, 2.45) is 5.73 Å². The molecule has 0 aliphatic heterocycles. The van der Waals surface area contributed by atoms with Crippen molar-refractivity contribution in [3.8, 4) is 5.75 Å². The van der Waals surface area contributed by atoms with E-state index in [1.807, 2.05) is 18.2 Å². The van der Waals surface area contributed by atoms with Crippen LogP contribution in [0, 0.1) is 0 Å². The van der Waals surface area contributed by atoms with Crippen LogP contribution in [0.5, 0.6) is 5.75 Å². The summed E-state index contributed by atoms with van der Waals surface area (Å²) in [7, 11) is 1.68. The molecule has 1 aromatic carbocycles. The molecule has 0 spiro atoms. The minimum absolute atomic E-state index is 0.0670. The van der Waals surface area contributed by atoms with Gasteiger partial charge in [0.15, 0.2) is 0 Å². The van der Waals surface area contributed by atoms with Crippen LogP contribution < -0.4 is 10.5 Å². The highest BCUT2D eigenvalue weighted by Gasteiger charge is 2.11. The number of ether oxygens (including phenoxy) is 1. The van der Waals surface area contributed by atoms with E-state index in [-0.39, 0.29) is 6.04 Å². The number of hydrogen-bond acceptors (Lipinski definition) is 2. The molecule has 0 saturated carbocycles. The third kappa shape index (κ3) is 3.50. The summed E-state index contributed by atoms with van der Waals surface area (Å²) in [6.45, 7) is 2.17. The number of rotatable bonds is 5. The molecule has 1 rings (SSSR count). The lowest BCUT2D eigenvalue weighted by atomic mass is 10.0. The van der Waals surface area contributed by atoms with Gasteiger partial charge in [0.2, 0.25) is 0 Å². The molecule has 0 amide bonds. The van der Waals surface area contributed by atoms with Crippen molar-refractivity contribution in [2.75, 3.05) is 7.11 Å². The molecule has 0 aromatic heterocycles. The Morgan fingerprint density at radius 2 is 2.20 bits per heavy atom. The van der Waals surface area contributed by atoms with Crippen LogP contribution in [0.1, 0.15) is 37.8 Å². The van der Waals surface area contributed by atoms with Gasteiger partial charge in [-0.05, 0) is 24.6 Å². The third-order valence-electron chi connectivity index (χ3n) is 2.46. The Hall–Kier alpha value is -0.540. The summed E-state index contributed by atoms with van der Waals surface area (Å²) in [5.74, 6) is 0.877. The maximum absolute atomic E-state index is 6.13. The molecule has 1 atom stereocenters. The Morgan fingerprint density at radius 1 is 1.47 bits per heavy atom. The predicted octanol–water partition coefficient (Wildman–Crippen LogP) is 3.65. The van der Waals surface area contributed by atoms with Gasteiger partial charge >= 0.3 is 0 Å². The van der Waals surface area contributed by atoms with Gasteiger partial charge in [0.05, 0.1) is 7.11 Å². The number of methoxy groups -OCH3 is 1. The van der Waals surface area contributed by atoms with E-state index in [9.17, 15) is 0 Å².